The molecule has 2 aromatic rings. The highest BCUT2D eigenvalue weighted by atomic mass is 32.2. The molecule has 2 nitrogen and oxygen atoms in total. The summed E-state index contributed by atoms with van der Waals surface area (Å²) in [5.74, 6) is 1.72. The van der Waals surface area contributed by atoms with Gasteiger partial charge in [-0.1, -0.05) is 0 Å². The molecule has 0 aliphatic rings. The molecule has 0 unspecified atom stereocenters. The van der Waals surface area contributed by atoms with Crippen LogP contribution in [0.3, 0.4) is 0 Å². The number of hydrogen-bond donors (Lipinski definition) is 0. The first-order valence-electron chi connectivity index (χ1n) is 5.99. The molecule has 0 bridgehead atoms. The van der Waals surface area contributed by atoms with Crippen LogP contribution < -0.4 is 0 Å². The summed E-state index contributed by atoms with van der Waals surface area (Å²) in [7, 11) is 0. The molecule has 0 atom stereocenters. The topological polar surface area (TPSA) is 28.1 Å². The van der Waals surface area contributed by atoms with Crippen LogP contribution in [0.5, 0.6) is 0 Å². The van der Waals surface area contributed by atoms with Crippen molar-refractivity contribution < 1.29 is 0 Å². The second-order valence-electron chi connectivity index (χ2n) is 3.72. The van der Waals surface area contributed by atoms with Crippen LogP contribution in [0.2, 0.25) is 0 Å². The summed E-state index contributed by atoms with van der Waals surface area (Å²) in [5, 5.41) is 8.54. The van der Waals surface area contributed by atoms with Gasteiger partial charge in [0.1, 0.15) is 0 Å². The lowest BCUT2D eigenvalue weighted by molar-refractivity contribution is 1.24. The van der Waals surface area contributed by atoms with Gasteiger partial charge in [0, 0.05) is 21.9 Å². The molecule has 0 aromatic carbocycles. The lowest BCUT2D eigenvalue weighted by Crippen LogP contribution is -1.78. The fourth-order valence-electron chi connectivity index (χ4n) is 1.45. The van der Waals surface area contributed by atoms with Crippen molar-refractivity contribution in [3.8, 4) is 15.8 Å². The van der Waals surface area contributed by atoms with E-state index in [0.29, 0.717) is 13.0 Å². The summed E-state index contributed by atoms with van der Waals surface area (Å²) in [5.41, 5.74) is 0. The second-order valence-corrected chi connectivity index (χ2v) is 8.68. The number of thiophene rings is 2. The van der Waals surface area contributed by atoms with E-state index in [1.54, 1.807) is 46.2 Å². The van der Waals surface area contributed by atoms with Crippen LogP contribution in [-0.4, -0.2) is 18.1 Å². The van der Waals surface area contributed by atoms with Crippen molar-refractivity contribution in [2.24, 2.45) is 0 Å². The Labute approximate surface area is 135 Å². The molecule has 0 aliphatic carbocycles. The van der Waals surface area contributed by atoms with Crippen molar-refractivity contribution in [3.05, 3.63) is 35.7 Å². The third-order valence-corrected chi connectivity index (χ3v) is 7.11. The first-order chi connectivity index (χ1) is 9.83. The maximum atomic E-state index is 8.54. The van der Waals surface area contributed by atoms with E-state index < -0.39 is 0 Å². The quantitative estimate of drug-likeness (QED) is 0.380. The maximum absolute atomic E-state index is 8.54. The lowest BCUT2D eigenvalue weighted by atomic mass is 10.4. The first-order valence-corrected chi connectivity index (χ1v) is 9.59. The van der Waals surface area contributed by atoms with Gasteiger partial charge in [0.15, 0.2) is 0 Å². The van der Waals surface area contributed by atoms with Crippen molar-refractivity contribution >= 4 is 46.2 Å². The Balaban J connectivity index is 1.94. The standard InChI is InChI=1S/C14H12N2S4/c1-16-8-10-18-14-6-4-12(20-14)11-3-5-13(19-11)17-9-2-7-15/h3-6H,2,8-10H2. The molecule has 2 aromatic heterocycles. The van der Waals surface area contributed by atoms with Crippen LogP contribution >= 0.6 is 46.2 Å². The molecule has 102 valence electrons. The van der Waals surface area contributed by atoms with Gasteiger partial charge in [0.05, 0.1) is 20.2 Å². The van der Waals surface area contributed by atoms with Crippen LogP contribution in [0.4, 0.5) is 0 Å². The van der Waals surface area contributed by atoms with Gasteiger partial charge in [-0.3, -0.25) is 0 Å². The summed E-state index contributed by atoms with van der Waals surface area (Å²) in [6.07, 6.45) is 0.596. The minimum Gasteiger partial charge on any atom is -0.316 e. The molecule has 20 heavy (non-hydrogen) atoms. The Bertz CT molecular complexity index is 574. The third kappa shape index (κ3) is 4.57. The van der Waals surface area contributed by atoms with E-state index in [1.165, 1.54) is 18.2 Å². The molecule has 0 fully saturated rings. The van der Waals surface area contributed by atoms with Gasteiger partial charge in [0.25, 0.3) is 0 Å². The van der Waals surface area contributed by atoms with Crippen LogP contribution in [0.15, 0.2) is 32.7 Å². The molecule has 2 rings (SSSR count). The average molecular weight is 337 g/mol. The zero-order valence-electron chi connectivity index (χ0n) is 10.7. The number of thioether (sulfide) groups is 2. The summed E-state index contributed by atoms with van der Waals surface area (Å²) in [6, 6.07) is 10.7. The van der Waals surface area contributed by atoms with E-state index >= 15 is 0 Å². The number of nitrogens with zero attached hydrogens (tertiary/aromatic N) is 2. The minimum absolute atomic E-state index is 0.580. The summed E-state index contributed by atoms with van der Waals surface area (Å²) >= 11 is 7.07. The number of rotatable bonds is 7. The molecule has 0 radical (unpaired) electrons. The molecular formula is C14H12N2S4. The first kappa shape index (κ1) is 15.5. The Morgan fingerprint density at radius 2 is 1.65 bits per heavy atom. The van der Waals surface area contributed by atoms with Crippen LogP contribution in [0.1, 0.15) is 6.42 Å². The second kappa shape index (κ2) is 8.39. The molecule has 6 heteroatoms. The van der Waals surface area contributed by atoms with E-state index in [4.69, 9.17) is 11.8 Å². The number of nitriles is 1. The summed E-state index contributed by atoms with van der Waals surface area (Å²) in [6.45, 7) is 7.35. The van der Waals surface area contributed by atoms with Gasteiger partial charge in [-0.15, -0.1) is 46.2 Å². The molecule has 2 heterocycles. The fourth-order valence-corrected chi connectivity index (χ4v) is 5.63. The lowest BCUT2D eigenvalue weighted by Gasteiger charge is -1.92. The molecule has 0 N–H and O–H groups in total. The monoisotopic (exact) mass is 336 g/mol. The van der Waals surface area contributed by atoms with Gasteiger partial charge in [-0.25, -0.2) is 6.57 Å². The van der Waals surface area contributed by atoms with Gasteiger partial charge in [-0.2, -0.15) is 5.26 Å². The highest BCUT2D eigenvalue weighted by molar-refractivity contribution is 8.01. The molecule has 0 amide bonds. The van der Waals surface area contributed by atoms with Gasteiger partial charge < -0.3 is 4.85 Å². The predicted octanol–water partition coefficient (Wildman–Crippen LogP) is 5.49. The normalized spacial score (nSPS) is 10.1. The molecule has 0 saturated carbocycles. The van der Waals surface area contributed by atoms with Gasteiger partial charge >= 0.3 is 0 Å². The van der Waals surface area contributed by atoms with Crippen LogP contribution in [-0.2, 0) is 0 Å². The third-order valence-electron chi connectivity index (χ3n) is 2.31. The SMILES string of the molecule is [C-]#[N+]CCSc1ccc(-c2ccc(SCCC#N)s2)s1. The average Bonchev–Trinajstić information content (AvgIpc) is 3.08. The van der Waals surface area contributed by atoms with Gasteiger partial charge in [0.2, 0.25) is 6.54 Å². The largest absolute Gasteiger partial charge is 0.316 e. The Morgan fingerprint density at radius 1 is 1.05 bits per heavy atom. The number of hydrogen-bond acceptors (Lipinski definition) is 5. The Hall–Kier alpha value is -0.920. The van der Waals surface area contributed by atoms with E-state index in [0.717, 1.165) is 11.5 Å². The van der Waals surface area contributed by atoms with E-state index in [-0.39, 0.29) is 0 Å². The minimum atomic E-state index is 0.580. The smallest absolute Gasteiger partial charge is 0.224 e. The maximum Gasteiger partial charge on any atom is 0.224 e. The van der Waals surface area contributed by atoms with Crippen LogP contribution in [0.25, 0.3) is 14.6 Å². The van der Waals surface area contributed by atoms with Gasteiger partial charge in [-0.05, 0) is 24.3 Å². The highest BCUT2D eigenvalue weighted by Gasteiger charge is 2.07. The summed E-state index contributed by atoms with van der Waals surface area (Å²) in [4.78, 5) is 5.93. The van der Waals surface area contributed by atoms with E-state index in [2.05, 4.69) is 35.2 Å². The van der Waals surface area contributed by atoms with E-state index in [9.17, 15) is 0 Å². The predicted molar refractivity (Wildman–Crippen MR) is 90.8 cm³/mol. The zero-order valence-corrected chi connectivity index (χ0v) is 13.9. The Morgan fingerprint density at radius 3 is 2.20 bits per heavy atom. The highest BCUT2D eigenvalue weighted by Crippen LogP contribution is 2.39. The van der Waals surface area contributed by atoms with Crippen LogP contribution in [0, 0.1) is 17.9 Å². The molecule has 0 aliphatic heterocycles. The molecular weight excluding hydrogens is 324 g/mol. The van der Waals surface area contributed by atoms with Crippen molar-refractivity contribution in [2.45, 2.75) is 14.8 Å². The molecule has 0 saturated heterocycles. The Kier molecular flexibility index (Phi) is 6.49. The fraction of sp³-hybridized carbons (Fsp3) is 0.286. The van der Waals surface area contributed by atoms with Crippen molar-refractivity contribution in [1.29, 1.82) is 5.26 Å². The van der Waals surface area contributed by atoms with Crippen molar-refractivity contribution in [2.75, 3.05) is 18.1 Å². The van der Waals surface area contributed by atoms with Crippen molar-refractivity contribution in [1.82, 2.24) is 0 Å². The molecule has 0 spiro atoms. The van der Waals surface area contributed by atoms with Crippen molar-refractivity contribution in [3.63, 3.8) is 0 Å². The summed E-state index contributed by atoms with van der Waals surface area (Å²) < 4.78 is 2.54. The van der Waals surface area contributed by atoms with E-state index in [1.807, 2.05) is 0 Å². The zero-order chi connectivity index (χ0) is 14.2.